The third kappa shape index (κ3) is 1.75. The second-order valence-electron chi connectivity index (χ2n) is 2.61. The quantitative estimate of drug-likeness (QED) is 0.761. The lowest BCUT2D eigenvalue weighted by molar-refractivity contribution is 0.723. The molecule has 0 amide bonds. The summed E-state index contributed by atoms with van der Waals surface area (Å²) >= 11 is 3.31. The Morgan fingerprint density at radius 3 is 2.69 bits per heavy atom. The summed E-state index contributed by atoms with van der Waals surface area (Å²) in [6, 6.07) is 3.75. The number of pyridine rings is 1. The molecule has 13 heavy (non-hydrogen) atoms. The summed E-state index contributed by atoms with van der Waals surface area (Å²) in [5.41, 5.74) is 0.879. The molecule has 2 aromatic heterocycles. The molecule has 0 saturated heterocycles. The van der Waals surface area contributed by atoms with Crippen molar-refractivity contribution >= 4 is 15.9 Å². The van der Waals surface area contributed by atoms with E-state index in [1.807, 2.05) is 19.1 Å². The molecule has 0 saturated carbocycles. The second-order valence-corrected chi connectivity index (χ2v) is 3.53. The summed E-state index contributed by atoms with van der Waals surface area (Å²) in [5, 5.41) is 8.18. The van der Waals surface area contributed by atoms with Gasteiger partial charge in [-0.05, 0) is 35.0 Å². The van der Waals surface area contributed by atoms with Gasteiger partial charge in [-0.25, -0.2) is 4.98 Å². The van der Waals surface area contributed by atoms with Crippen molar-refractivity contribution in [2.45, 2.75) is 6.92 Å². The Morgan fingerprint density at radius 2 is 2.15 bits per heavy atom. The van der Waals surface area contributed by atoms with Crippen molar-refractivity contribution in [1.29, 1.82) is 0 Å². The highest BCUT2D eigenvalue weighted by Gasteiger charge is 1.99. The molecular weight excluding hydrogens is 232 g/mol. The Morgan fingerprint density at radius 1 is 1.31 bits per heavy atom. The van der Waals surface area contributed by atoms with Crippen molar-refractivity contribution in [3.8, 4) is 5.82 Å². The zero-order valence-electron chi connectivity index (χ0n) is 6.98. The smallest absolute Gasteiger partial charge is 0.174 e. The molecule has 5 heteroatoms. The maximum atomic E-state index is 4.15. The van der Waals surface area contributed by atoms with Crippen LogP contribution < -0.4 is 0 Å². The number of hydrogen-bond donors (Lipinski definition) is 0. The average Bonchev–Trinajstić information content (AvgIpc) is 2.53. The van der Waals surface area contributed by atoms with E-state index in [2.05, 4.69) is 31.1 Å². The van der Waals surface area contributed by atoms with Gasteiger partial charge in [0, 0.05) is 10.7 Å². The van der Waals surface area contributed by atoms with E-state index in [9.17, 15) is 0 Å². The Balaban J connectivity index is 2.41. The van der Waals surface area contributed by atoms with Gasteiger partial charge >= 0.3 is 0 Å². The lowest BCUT2D eigenvalue weighted by atomic mass is 10.5. The Labute approximate surface area is 83.7 Å². The minimum Gasteiger partial charge on any atom is -0.234 e. The molecule has 0 radical (unpaired) electrons. The van der Waals surface area contributed by atoms with Crippen LogP contribution >= 0.6 is 15.9 Å². The number of halogens is 1. The number of aromatic nitrogens is 4. The van der Waals surface area contributed by atoms with Crippen molar-refractivity contribution in [2.75, 3.05) is 0 Å². The largest absolute Gasteiger partial charge is 0.234 e. The summed E-state index contributed by atoms with van der Waals surface area (Å²) < 4.78 is 0.945. The third-order valence-corrected chi connectivity index (χ3v) is 1.99. The van der Waals surface area contributed by atoms with E-state index in [0.717, 1.165) is 16.0 Å². The minimum absolute atomic E-state index is 0.719. The summed E-state index contributed by atoms with van der Waals surface area (Å²) in [5.74, 6) is 0.719. The van der Waals surface area contributed by atoms with Crippen LogP contribution in [-0.2, 0) is 0 Å². The van der Waals surface area contributed by atoms with Crippen LogP contribution in [0.4, 0.5) is 0 Å². The van der Waals surface area contributed by atoms with Crippen LogP contribution in [0.2, 0.25) is 0 Å². The number of nitrogens with zero attached hydrogens (tertiary/aromatic N) is 4. The van der Waals surface area contributed by atoms with Crippen LogP contribution in [0.25, 0.3) is 5.82 Å². The molecule has 0 bridgehead atoms. The molecule has 0 spiro atoms. The molecule has 0 fully saturated rings. The standard InChI is InChI=1S/C8H7BrN4/c1-6-4-11-13(12-6)8-3-2-7(9)5-10-8/h2-5H,1H3. The van der Waals surface area contributed by atoms with E-state index in [4.69, 9.17) is 0 Å². The van der Waals surface area contributed by atoms with Gasteiger partial charge < -0.3 is 0 Å². The van der Waals surface area contributed by atoms with Crippen molar-refractivity contribution in [1.82, 2.24) is 20.0 Å². The van der Waals surface area contributed by atoms with Crippen LogP contribution in [-0.4, -0.2) is 20.0 Å². The van der Waals surface area contributed by atoms with Crippen LogP contribution in [0.15, 0.2) is 29.0 Å². The maximum Gasteiger partial charge on any atom is 0.174 e. The second kappa shape index (κ2) is 3.26. The van der Waals surface area contributed by atoms with Gasteiger partial charge in [0.2, 0.25) is 0 Å². The predicted octanol–water partition coefficient (Wildman–Crippen LogP) is 1.73. The molecule has 2 aromatic rings. The number of rotatable bonds is 1. The first-order chi connectivity index (χ1) is 6.25. The van der Waals surface area contributed by atoms with Gasteiger partial charge in [0.05, 0.1) is 11.9 Å². The maximum absolute atomic E-state index is 4.15. The van der Waals surface area contributed by atoms with Gasteiger partial charge in [0.1, 0.15) is 0 Å². The fourth-order valence-electron chi connectivity index (χ4n) is 0.936. The van der Waals surface area contributed by atoms with Gasteiger partial charge in [0.25, 0.3) is 0 Å². The first-order valence-corrected chi connectivity index (χ1v) is 4.56. The van der Waals surface area contributed by atoms with E-state index in [0.29, 0.717) is 0 Å². The molecule has 0 aliphatic heterocycles. The van der Waals surface area contributed by atoms with Crippen LogP contribution in [0.5, 0.6) is 0 Å². The highest BCUT2D eigenvalue weighted by atomic mass is 79.9. The molecule has 4 nitrogen and oxygen atoms in total. The summed E-state index contributed by atoms with van der Waals surface area (Å²) in [6.07, 6.45) is 3.41. The summed E-state index contributed by atoms with van der Waals surface area (Å²) in [6.45, 7) is 1.89. The zero-order chi connectivity index (χ0) is 9.26. The highest BCUT2D eigenvalue weighted by Crippen LogP contribution is 2.09. The average molecular weight is 239 g/mol. The fourth-order valence-corrected chi connectivity index (χ4v) is 1.17. The van der Waals surface area contributed by atoms with Gasteiger partial charge in [-0.1, -0.05) is 0 Å². The molecule has 0 aromatic carbocycles. The van der Waals surface area contributed by atoms with Crippen molar-refractivity contribution in [2.24, 2.45) is 0 Å². The van der Waals surface area contributed by atoms with Gasteiger partial charge in [0.15, 0.2) is 5.82 Å². The van der Waals surface area contributed by atoms with E-state index in [1.54, 1.807) is 12.4 Å². The molecule has 0 aliphatic carbocycles. The normalized spacial score (nSPS) is 10.3. The first kappa shape index (κ1) is 8.37. The molecule has 2 rings (SSSR count). The van der Waals surface area contributed by atoms with Crippen LogP contribution in [0, 0.1) is 6.92 Å². The van der Waals surface area contributed by atoms with Crippen LogP contribution in [0.3, 0.4) is 0 Å². The van der Waals surface area contributed by atoms with Crippen molar-refractivity contribution in [3.63, 3.8) is 0 Å². The van der Waals surface area contributed by atoms with E-state index in [-0.39, 0.29) is 0 Å². The van der Waals surface area contributed by atoms with Crippen molar-refractivity contribution in [3.05, 3.63) is 34.7 Å². The monoisotopic (exact) mass is 238 g/mol. The Hall–Kier alpha value is -1.23. The SMILES string of the molecule is Cc1cnn(-c2ccc(Br)cn2)n1. The summed E-state index contributed by atoms with van der Waals surface area (Å²) in [7, 11) is 0. The van der Waals surface area contributed by atoms with E-state index in [1.165, 1.54) is 4.80 Å². The minimum atomic E-state index is 0.719. The molecule has 0 unspecified atom stereocenters. The molecule has 66 valence electrons. The Bertz CT molecular complexity index is 406. The van der Waals surface area contributed by atoms with E-state index >= 15 is 0 Å². The molecule has 0 aliphatic rings. The van der Waals surface area contributed by atoms with Gasteiger partial charge in [-0.3, -0.25) is 0 Å². The van der Waals surface area contributed by atoms with Gasteiger partial charge in [-0.2, -0.15) is 10.2 Å². The zero-order valence-corrected chi connectivity index (χ0v) is 8.56. The number of hydrogen-bond acceptors (Lipinski definition) is 3. The van der Waals surface area contributed by atoms with Gasteiger partial charge in [-0.15, -0.1) is 4.80 Å². The fraction of sp³-hybridized carbons (Fsp3) is 0.125. The highest BCUT2D eigenvalue weighted by molar-refractivity contribution is 9.10. The first-order valence-electron chi connectivity index (χ1n) is 3.76. The molecular formula is C8H7BrN4. The molecule has 2 heterocycles. The lowest BCUT2D eigenvalue weighted by Crippen LogP contribution is -2.00. The number of aryl methyl sites for hydroxylation is 1. The van der Waals surface area contributed by atoms with Crippen LogP contribution in [0.1, 0.15) is 5.69 Å². The van der Waals surface area contributed by atoms with Crippen molar-refractivity contribution < 1.29 is 0 Å². The molecule has 0 atom stereocenters. The third-order valence-electron chi connectivity index (χ3n) is 1.52. The topological polar surface area (TPSA) is 43.6 Å². The summed E-state index contributed by atoms with van der Waals surface area (Å²) in [4.78, 5) is 5.65. The molecule has 0 N–H and O–H groups in total. The Kier molecular flexibility index (Phi) is 2.10. The van der Waals surface area contributed by atoms with E-state index < -0.39 is 0 Å². The predicted molar refractivity (Wildman–Crippen MR) is 51.6 cm³/mol. The lowest BCUT2D eigenvalue weighted by Gasteiger charge is -1.96.